The normalized spacial score (nSPS) is 14.6. The quantitative estimate of drug-likeness (QED) is 0.0243. The molecule has 0 spiro atoms. The summed E-state index contributed by atoms with van der Waals surface area (Å²) in [7, 11) is 1.61. The van der Waals surface area contributed by atoms with E-state index in [1.54, 1.807) is 0 Å². The van der Waals surface area contributed by atoms with Crippen LogP contribution in [0.2, 0.25) is 0 Å². The van der Waals surface area contributed by atoms with Gasteiger partial charge < -0.3 is 19.8 Å². The second-order valence-corrected chi connectivity index (χ2v) is 22.1. The molecule has 9 heteroatoms. The molecule has 0 aliphatic carbocycles. The van der Waals surface area contributed by atoms with E-state index in [1.165, 1.54) is 135 Å². The molecule has 0 radical (unpaired) electrons. The third-order valence-corrected chi connectivity index (χ3v) is 13.6. The standard InChI is InChI=1S/C61H111N2O6P/c1-6-8-10-12-14-15-16-17-18-19-20-21-22-23-24-25-26-27-28-29-30-31-32-33-34-35-36-37-38-39-40-41-42-43-44-45-46-47-49-51-53-55-61(65)62-59(60(64)54-52-50-48-13-11-9-7-2)58-69-70(66,67)68-57-56-63(3,4)5/h8,10,14-15,17-18,20-21,23-24,26-27,29-30,59-60,64H,6-7,9,11-13,16,19,22,25,28,31-58H2,1-5H3,(H-,62,65,66,67)/p+1/b10-8-,15-14-,18-17-,21-20-,24-23-,27-26-,30-29-. The number of allylic oxidation sites excluding steroid dienone is 14. The number of hydrogen-bond donors (Lipinski definition) is 3. The number of likely N-dealkylation sites (N-methyl/N-ethyl adjacent to an activating group) is 1. The highest BCUT2D eigenvalue weighted by Gasteiger charge is 2.28. The molecule has 0 aliphatic rings. The second kappa shape index (κ2) is 51.6. The number of aliphatic hydroxyl groups is 1. The number of hydrogen-bond acceptors (Lipinski definition) is 5. The fourth-order valence-corrected chi connectivity index (χ4v) is 8.88. The minimum Gasteiger partial charge on any atom is -0.391 e. The summed E-state index contributed by atoms with van der Waals surface area (Å²) in [4.78, 5) is 23.1. The van der Waals surface area contributed by atoms with Crippen molar-refractivity contribution in [3.05, 3.63) is 85.1 Å². The molecule has 0 saturated carbocycles. The summed E-state index contributed by atoms with van der Waals surface area (Å²) < 4.78 is 23.6. The van der Waals surface area contributed by atoms with Crippen molar-refractivity contribution >= 4 is 13.7 Å². The van der Waals surface area contributed by atoms with Crippen molar-refractivity contribution in [2.75, 3.05) is 40.9 Å². The lowest BCUT2D eigenvalue weighted by Crippen LogP contribution is -2.46. The molecule has 0 aliphatic heterocycles. The molecule has 0 rings (SSSR count). The molecule has 0 aromatic rings. The van der Waals surface area contributed by atoms with Crippen LogP contribution in [-0.4, -0.2) is 73.4 Å². The largest absolute Gasteiger partial charge is 0.472 e. The average molecular weight is 1000 g/mol. The van der Waals surface area contributed by atoms with E-state index in [2.05, 4.69) is 104 Å². The Labute approximate surface area is 433 Å². The molecule has 3 atom stereocenters. The van der Waals surface area contributed by atoms with Crippen LogP contribution in [0.15, 0.2) is 85.1 Å². The Hall–Kier alpha value is -2.32. The van der Waals surface area contributed by atoms with Crippen LogP contribution >= 0.6 is 7.82 Å². The molecule has 3 N–H and O–H groups in total. The van der Waals surface area contributed by atoms with Gasteiger partial charge in [0.1, 0.15) is 13.2 Å². The lowest BCUT2D eigenvalue weighted by Gasteiger charge is -2.26. The van der Waals surface area contributed by atoms with Gasteiger partial charge in [0.15, 0.2) is 0 Å². The number of unbranched alkanes of at least 4 members (excludes halogenated alkanes) is 25. The first-order chi connectivity index (χ1) is 34.0. The number of rotatable bonds is 52. The van der Waals surface area contributed by atoms with Gasteiger partial charge in [0, 0.05) is 6.42 Å². The summed E-state index contributed by atoms with van der Waals surface area (Å²) in [6, 6.07) is -0.759. The van der Waals surface area contributed by atoms with Crippen molar-refractivity contribution in [3.8, 4) is 0 Å². The van der Waals surface area contributed by atoms with Gasteiger partial charge in [0.05, 0.1) is 39.9 Å². The van der Waals surface area contributed by atoms with Crippen molar-refractivity contribution in [3.63, 3.8) is 0 Å². The van der Waals surface area contributed by atoms with Gasteiger partial charge >= 0.3 is 7.82 Å². The zero-order valence-corrected chi connectivity index (χ0v) is 47.1. The maximum Gasteiger partial charge on any atom is 0.472 e. The molecule has 70 heavy (non-hydrogen) atoms. The Morgan fingerprint density at radius 2 is 0.857 bits per heavy atom. The Kier molecular flexibility index (Phi) is 49.9. The van der Waals surface area contributed by atoms with E-state index in [0.29, 0.717) is 23.9 Å². The highest BCUT2D eigenvalue weighted by atomic mass is 31.2. The van der Waals surface area contributed by atoms with E-state index in [9.17, 15) is 19.4 Å². The highest BCUT2D eigenvalue weighted by Crippen LogP contribution is 2.43. The number of carbonyl (C=O) groups is 1. The molecule has 0 fully saturated rings. The maximum absolute atomic E-state index is 12.9. The minimum atomic E-state index is -4.31. The Bertz CT molecular complexity index is 1410. The van der Waals surface area contributed by atoms with Crippen molar-refractivity contribution < 1.29 is 32.9 Å². The fourth-order valence-electron chi connectivity index (χ4n) is 8.15. The van der Waals surface area contributed by atoms with Crippen LogP contribution in [0, 0.1) is 0 Å². The molecule has 0 heterocycles. The monoisotopic (exact) mass is 1000 g/mol. The van der Waals surface area contributed by atoms with Crippen LogP contribution in [0.4, 0.5) is 0 Å². The molecule has 0 aromatic carbocycles. The zero-order valence-electron chi connectivity index (χ0n) is 46.2. The van der Waals surface area contributed by atoms with Crippen molar-refractivity contribution in [2.24, 2.45) is 0 Å². The number of nitrogens with one attached hydrogen (secondary N) is 1. The van der Waals surface area contributed by atoms with Gasteiger partial charge in [0.2, 0.25) is 5.91 Å². The van der Waals surface area contributed by atoms with Crippen LogP contribution < -0.4 is 5.32 Å². The van der Waals surface area contributed by atoms with Crippen LogP contribution in [0.3, 0.4) is 0 Å². The van der Waals surface area contributed by atoms with E-state index in [-0.39, 0.29) is 19.1 Å². The number of phosphoric ester groups is 1. The number of carbonyl (C=O) groups excluding carboxylic acids is 1. The first kappa shape index (κ1) is 67.7. The van der Waals surface area contributed by atoms with Crippen LogP contribution in [0.5, 0.6) is 0 Å². The molecule has 3 unspecified atom stereocenters. The number of amides is 1. The first-order valence-corrected chi connectivity index (χ1v) is 30.4. The van der Waals surface area contributed by atoms with Crippen LogP contribution in [0.1, 0.15) is 245 Å². The van der Waals surface area contributed by atoms with Gasteiger partial charge in [-0.2, -0.15) is 0 Å². The van der Waals surface area contributed by atoms with Crippen LogP contribution in [0.25, 0.3) is 0 Å². The Balaban J connectivity index is 3.80. The van der Waals surface area contributed by atoms with E-state index in [4.69, 9.17) is 9.05 Å². The predicted octanol–water partition coefficient (Wildman–Crippen LogP) is 17.6. The Morgan fingerprint density at radius 1 is 0.500 bits per heavy atom. The average Bonchev–Trinajstić information content (AvgIpc) is 3.32. The number of phosphoric acid groups is 1. The topological polar surface area (TPSA) is 105 Å². The van der Waals surface area contributed by atoms with Crippen molar-refractivity contribution in [1.82, 2.24) is 5.32 Å². The summed E-state index contributed by atoms with van der Waals surface area (Å²) in [6.45, 7) is 4.72. The minimum absolute atomic E-state index is 0.0732. The first-order valence-electron chi connectivity index (χ1n) is 29.0. The Morgan fingerprint density at radius 3 is 1.26 bits per heavy atom. The lowest BCUT2D eigenvalue weighted by atomic mass is 10.0. The molecular formula is C61H112N2O6P+. The van der Waals surface area contributed by atoms with E-state index >= 15 is 0 Å². The summed E-state index contributed by atoms with van der Waals surface area (Å²) in [5, 5.41) is 13.9. The van der Waals surface area contributed by atoms with Crippen molar-refractivity contribution in [1.29, 1.82) is 0 Å². The summed E-state index contributed by atoms with van der Waals surface area (Å²) in [6.07, 6.45) is 72.6. The summed E-state index contributed by atoms with van der Waals surface area (Å²) >= 11 is 0. The molecule has 0 bridgehead atoms. The summed E-state index contributed by atoms with van der Waals surface area (Å²) in [5.74, 6) is -0.148. The fraction of sp³-hybridized carbons (Fsp3) is 0.754. The number of aliphatic hydroxyl groups excluding tert-OH is 1. The van der Waals surface area contributed by atoms with Gasteiger partial charge in [-0.25, -0.2) is 4.57 Å². The highest BCUT2D eigenvalue weighted by molar-refractivity contribution is 7.47. The molecular weight excluding hydrogens is 888 g/mol. The molecule has 8 nitrogen and oxygen atoms in total. The zero-order chi connectivity index (χ0) is 51.3. The molecule has 1 amide bonds. The van der Waals surface area contributed by atoms with Crippen molar-refractivity contribution in [2.45, 2.75) is 257 Å². The van der Waals surface area contributed by atoms with Gasteiger partial charge in [-0.15, -0.1) is 0 Å². The summed E-state index contributed by atoms with van der Waals surface area (Å²) in [5.41, 5.74) is 0. The molecule has 0 saturated heterocycles. The van der Waals surface area contributed by atoms with Crippen LogP contribution in [-0.2, 0) is 18.4 Å². The number of nitrogens with zero attached hydrogens (tertiary/aromatic N) is 1. The van der Waals surface area contributed by atoms with E-state index in [0.717, 1.165) is 83.5 Å². The SMILES string of the molecule is CC/C=C\C/C=C\C/C=C\C/C=C\C/C=C\C/C=C\C/C=C\CCCCCCCCCCCCCCCCCCCCCC(=O)NC(COP(=O)(O)OCC[N+](C)(C)C)C(O)CCCCCCCCC. The number of quaternary nitrogens is 1. The van der Waals surface area contributed by atoms with Gasteiger partial charge in [0.25, 0.3) is 0 Å². The maximum atomic E-state index is 12.9. The lowest BCUT2D eigenvalue weighted by molar-refractivity contribution is -0.870. The van der Waals surface area contributed by atoms with Gasteiger partial charge in [-0.3, -0.25) is 13.8 Å². The molecule has 0 aromatic heterocycles. The third kappa shape index (κ3) is 53.5. The second-order valence-electron chi connectivity index (χ2n) is 20.6. The van der Waals surface area contributed by atoms with Gasteiger partial charge in [-0.05, 0) is 70.6 Å². The third-order valence-electron chi connectivity index (χ3n) is 12.7. The van der Waals surface area contributed by atoms with E-state index < -0.39 is 20.0 Å². The van der Waals surface area contributed by atoms with Gasteiger partial charge in [-0.1, -0.05) is 253 Å². The smallest absolute Gasteiger partial charge is 0.391 e. The predicted molar refractivity (Wildman–Crippen MR) is 304 cm³/mol. The molecule has 406 valence electrons. The van der Waals surface area contributed by atoms with E-state index in [1.807, 2.05) is 21.1 Å².